The molecular formula is C17H15N3O2. The van der Waals surface area contributed by atoms with Gasteiger partial charge in [0, 0.05) is 18.7 Å². The van der Waals surface area contributed by atoms with Gasteiger partial charge in [0.1, 0.15) is 11.6 Å². The zero-order valence-electron chi connectivity index (χ0n) is 12.2. The third-order valence-corrected chi connectivity index (χ3v) is 3.98. The first-order valence-corrected chi connectivity index (χ1v) is 7.20. The van der Waals surface area contributed by atoms with Gasteiger partial charge in [-0.25, -0.2) is 4.98 Å². The van der Waals surface area contributed by atoms with Gasteiger partial charge in [0.25, 0.3) is 5.91 Å². The molecule has 4 rings (SSSR count). The highest BCUT2D eigenvalue weighted by Crippen LogP contribution is 2.29. The Bertz CT molecular complexity index is 865. The van der Waals surface area contributed by atoms with E-state index >= 15 is 0 Å². The quantitative estimate of drug-likeness (QED) is 0.789. The van der Waals surface area contributed by atoms with Crippen LogP contribution in [0.25, 0.3) is 22.4 Å². The molecule has 0 bridgehead atoms. The highest BCUT2D eigenvalue weighted by Gasteiger charge is 2.21. The molecular weight excluding hydrogens is 278 g/mol. The maximum atomic E-state index is 12.2. The second-order valence-electron chi connectivity index (χ2n) is 5.24. The SMILES string of the molecule is COc1ccc(-c2nc3cccc4c3n2CCNC4=O)cc1. The minimum atomic E-state index is -0.0365. The molecule has 1 amide bonds. The van der Waals surface area contributed by atoms with E-state index in [9.17, 15) is 4.79 Å². The fraction of sp³-hybridized carbons (Fsp3) is 0.176. The molecule has 110 valence electrons. The van der Waals surface area contributed by atoms with E-state index in [-0.39, 0.29) is 5.91 Å². The molecule has 0 saturated heterocycles. The van der Waals surface area contributed by atoms with E-state index in [1.165, 1.54) is 0 Å². The number of aromatic nitrogens is 2. The Morgan fingerprint density at radius 2 is 2.00 bits per heavy atom. The summed E-state index contributed by atoms with van der Waals surface area (Å²) in [7, 11) is 1.65. The molecule has 0 radical (unpaired) electrons. The summed E-state index contributed by atoms with van der Waals surface area (Å²) < 4.78 is 7.32. The van der Waals surface area contributed by atoms with Gasteiger partial charge in [-0.05, 0) is 36.4 Å². The number of hydrogen-bond donors (Lipinski definition) is 1. The van der Waals surface area contributed by atoms with Crippen molar-refractivity contribution in [2.75, 3.05) is 13.7 Å². The second kappa shape index (κ2) is 4.87. The topological polar surface area (TPSA) is 56.1 Å². The first-order chi connectivity index (χ1) is 10.8. The van der Waals surface area contributed by atoms with Crippen molar-refractivity contribution in [3.63, 3.8) is 0 Å². The molecule has 3 aromatic rings. The van der Waals surface area contributed by atoms with Crippen molar-refractivity contribution in [2.24, 2.45) is 0 Å². The molecule has 0 fully saturated rings. The minimum absolute atomic E-state index is 0.0365. The summed E-state index contributed by atoms with van der Waals surface area (Å²) in [6.45, 7) is 1.31. The lowest BCUT2D eigenvalue weighted by Gasteiger charge is -2.08. The van der Waals surface area contributed by atoms with Gasteiger partial charge in [-0.1, -0.05) is 6.07 Å². The number of nitrogens with one attached hydrogen (secondary N) is 1. The lowest BCUT2D eigenvalue weighted by Crippen LogP contribution is -2.24. The van der Waals surface area contributed by atoms with Gasteiger partial charge in [0.2, 0.25) is 0 Å². The van der Waals surface area contributed by atoms with Gasteiger partial charge in [-0.2, -0.15) is 0 Å². The van der Waals surface area contributed by atoms with Gasteiger partial charge < -0.3 is 14.6 Å². The third kappa shape index (κ3) is 1.86. The van der Waals surface area contributed by atoms with E-state index in [1.54, 1.807) is 7.11 Å². The predicted molar refractivity (Wildman–Crippen MR) is 84.1 cm³/mol. The van der Waals surface area contributed by atoms with Crippen LogP contribution in [-0.2, 0) is 6.54 Å². The highest BCUT2D eigenvalue weighted by molar-refractivity contribution is 6.06. The number of imidazole rings is 1. The van der Waals surface area contributed by atoms with Crippen LogP contribution in [0.3, 0.4) is 0 Å². The largest absolute Gasteiger partial charge is 0.497 e. The number of hydrogen-bond acceptors (Lipinski definition) is 3. The molecule has 1 N–H and O–H groups in total. The van der Waals surface area contributed by atoms with Crippen LogP contribution in [0.2, 0.25) is 0 Å². The molecule has 22 heavy (non-hydrogen) atoms. The molecule has 0 saturated carbocycles. The number of rotatable bonds is 2. The van der Waals surface area contributed by atoms with E-state index in [4.69, 9.17) is 9.72 Å². The van der Waals surface area contributed by atoms with Gasteiger partial charge >= 0.3 is 0 Å². The number of para-hydroxylation sites is 1. The summed E-state index contributed by atoms with van der Waals surface area (Å²) >= 11 is 0. The van der Waals surface area contributed by atoms with Crippen molar-refractivity contribution in [1.82, 2.24) is 14.9 Å². The average Bonchev–Trinajstić information content (AvgIpc) is 2.84. The number of carbonyl (C=O) groups excluding carboxylic acids is 1. The van der Waals surface area contributed by atoms with Crippen molar-refractivity contribution in [2.45, 2.75) is 6.54 Å². The van der Waals surface area contributed by atoms with Crippen LogP contribution in [0.5, 0.6) is 5.75 Å². The van der Waals surface area contributed by atoms with E-state index < -0.39 is 0 Å². The van der Waals surface area contributed by atoms with Crippen molar-refractivity contribution >= 4 is 16.9 Å². The Morgan fingerprint density at radius 1 is 1.18 bits per heavy atom. The number of carbonyl (C=O) groups is 1. The summed E-state index contributed by atoms with van der Waals surface area (Å²) in [5.41, 5.74) is 3.45. The van der Waals surface area contributed by atoms with Crippen LogP contribution in [0.4, 0.5) is 0 Å². The molecule has 5 heteroatoms. The average molecular weight is 293 g/mol. The molecule has 2 aromatic carbocycles. The van der Waals surface area contributed by atoms with Gasteiger partial charge in [-0.15, -0.1) is 0 Å². The Labute approximate surface area is 127 Å². The first kappa shape index (κ1) is 12.9. The number of benzene rings is 2. The van der Waals surface area contributed by atoms with Crippen LogP contribution >= 0.6 is 0 Å². The van der Waals surface area contributed by atoms with Crippen LogP contribution < -0.4 is 10.1 Å². The Hall–Kier alpha value is -2.82. The van der Waals surface area contributed by atoms with Crippen LogP contribution in [0.1, 0.15) is 10.4 Å². The fourth-order valence-corrected chi connectivity index (χ4v) is 2.92. The zero-order valence-corrected chi connectivity index (χ0v) is 12.2. The summed E-state index contributed by atoms with van der Waals surface area (Å²) in [6, 6.07) is 13.5. The maximum Gasteiger partial charge on any atom is 0.253 e. The number of ether oxygens (including phenoxy) is 1. The van der Waals surface area contributed by atoms with E-state index in [2.05, 4.69) is 9.88 Å². The normalized spacial score (nSPS) is 13.8. The molecule has 5 nitrogen and oxygen atoms in total. The predicted octanol–water partition coefficient (Wildman–Crippen LogP) is 2.46. The first-order valence-electron chi connectivity index (χ1n) is 7.20. The number of amides is 1. The molecule has 1 aliphatic heterocycles. The molecule has 1 aliphatic rings. The Morgan fingerprint density at radius 3 is 2.77 bits per heavy atom. The summed E-state index contributed by atoms with van der Waals surface area (Å²) in [4.78, 5) is 16.9. The van der Waals surface area contributed by atoms with Crippen LogP contribution in [0.15, 0.2) is 42.5 Å². The second-order valence-corrected chi connectivity index (χ2v) is 5.24. The minimum Gasteiger partial charge on any atom is -0.497 e. The number of methoxy groups -OCH3 is 1. The molecule has 0 unspecified atom stereocenters. The maximum absolute atomic E-state index is 12.2. The number of nitrogens with zero attached hydrogens (tertiary/aromatic N) is 2. The molecule has 0 spiro atoms. The standard InChI is InChI=1S/C17H15N3O2/c1-22-12-7-5-11(6-8-12)16-19-14-4-2-3-13-15(14)20(16)10-9-18-17(13)21/h2-8H,9-10H2,1H3,(H,18,21). The fourth-order valence-electron chi connectivity index (χ4n) is 2.92. The molecule has 0 atom stereocenters. The zero-order chi connectivity index (χ0) is 15.1. The Balaban J connectivity index is 1.96. The lowest BCUT2D eigenvalue weighted by molar-refractivity contribution is 0.0956. The van der Waals surface area contributed by atoms with E-state index in [1.807, 2.05) is 42.5 Å². The smallest absolute Gasteiger partial charge is 0.253 e. The lowest BCUT2D eigenvalue weighted by atomic mass is 10.1. The van der Waals surface area contributed by atoms with Crippen molar-refractivity contribution in [3.8, 4) is 17.1 Å². The van der Waals surface area contributed by atoms with Gasteiger partial charge in [0.15, 0.2) is 0 Å². The molecule has 2 heterocycles. The summed E-state index contributed by atoms with van der Waals surface area (Å²) in [5.74, 6) is 1.65. The molecule has 0 aliphatic carbocycles. The van der Waals surface area contributed by atoms with Crippen molar-refractivity contribution in [3.05, 3.63) is 48.0 Å². The monoisotopic (exact) mass is 293 g/mol. The van der Waals surface area contributed by atoms with Crippen LogP contribution in [-0.4, -0.2) is 29.1 Å². The van der Waals surface area contributed by atoms with Crippen molar-refractivity contribution in [1.29, 1.82) is 0 Å². The Kier molecular flexibility index (Phi) is 2.85. The molecule has 1 aromatic heterocycles. The summed E-state index contributed by atoms with van der Waals surface area (Å²) in [6.07, 6.45) is 0. The third-order valence-electron chi connectivity index (χ3n) is 3.98. The summed E-state index contributed by atoms with van der Waals surface area (Å²) in [5, 5.41) is 2.93. The van der Waals surface area contributed by atoms with Gasteiger partial charge in [-0.3, -0.25) is 4.79 Å². The van der Waals surface area contributed by atoms with Gasteiger partial charge in [0.05, 0.1) is 23.7 Å². The van der Waals surface area contributed by atoms with Crippen LogP contribution in [0, 0.1) is 0 Å². The highest BCUT2D eigenvalue weighted by atomic mass is 16.5. The van der Waals surface area contributed by atoms with E-state index in [0.717, 1.165) is 28.2 Å². The van der Waals surface area contributed by atoms with E-state index in [0.29, 0.717) is 18.7 Å². The van der Waals surface area contributed by atoms with Crippen molar-refractivity contribution < 1.29 is 9.53 Å².